The third kappa shape index (κ3) is 3.76. The zero-order chi connectivity index (χ0) is 18.0. The lowest BCUT2D eigenvalue weighted by Gasteiger charge is -2.24. The van der Waals surface area contributed by atoms with E-state index in [1.165, 1.54) is 5.56 Å². The second-order valence-electron chi connectivity index (χ2n) is 6.80. The Morgan fingerprint density at radius 2 is 1.88 bits per heavy atom. The molecule has 2 aromatic rings. The number of nitrogens with zero attached hydrogens (tertiary/aromatic N) is 2. The Labute approximate surface area is 148 Å². The fourth-order valence-corrected chi connectivity index (χ4v) is 3.23. The Morgan fingerprint density at radius 1 is 1.16 bits per heavy atom. The van der Waals surface area contributed by atoms with Crippen LogP contribution in [0.15, 0.2) is 36.4 Å². The third-order valence-electron chi connectivity index (χ3n) is 5.02. The summed E-state index contributed by atoms with van der Waals surface area (Å²) in [6, 6.07) is 11.8. The van der Waals surface area contributed by atoms with Crippen molar-refractivity contribution in [2.24, 2.45) is 7.05 Å². The third-order valence-corrected chi connectivity index (χ3v) is 5.02. The summed E-state index contributed by atoms with van der Waals surface area (Å²) in [4.78, 5) is 26.6. The van der Waals surface area contributed by atoms with Gasteiger partial charge < -0.3 is 14.8 Å². The Bertz CT molecular complexity index is 777. The minimum Gasteiger partial charge on any atom is -0.350 e. The van der Waals surface area contributed by atoms with Crippen molar-refractivity contribution in [1.82, 2.24) is 14.8 Å². The largest absolute Gasteiger partial charge is 0.350 e. The molecule has 1 aromatic heterocycles. The molecule has 1 aromatic carbocycles. The Balaban J connectivity index is 1.65. The van der Waals surface area contributed by atoms with Crippen molar-refractivity contribution in [1.29, 1.82) is 0 Å². The van der Waals surface area contributed by atoms with Crippen molar-refractivity contribution >= 4 is 11.8 Å². The van der Waals surface area contributed by atoms with E-state index in [0.717, 1.165) is 17.0 Å². The van der Waals surface area contributed by atoms with E-state index in [1.807, 2.05) is 57.3 Å². The lowest BCUT2D eigenvalue weighted by molar-refractivity contribution is -0.135. The second-order valence-corrected chi connectivity index (χ2v) is 6.80. The summed E-state index contributed by atoms with van der Waals surface area (Å²) in [5.41, 5.74) is 4.45. The smallest absolute Gasteiger partial charge is 0.243 e. The first-order valence-corrected chi connectivity index (χ1v) is 8.69. The van der Waals surface area contributed by atoms with Crippen LogP contribution in [0.1, 0.15) is 35.4 Å². The second kappa shape index (κ2) is 7.13. The first-order chi connectivity index (χ1) is 12.0. The lowest BCUT2D eigenvalue weighted by Crippen LogP contribution is -2.44. The molecule has 2 heterocycles. The fraction of sp³-hybridized carbons (Fsp3) is 0.400. The van der Waals surface area contributed by atoms with Gasteiger partial charge >= 0.3 is 0 Å². The van der Waals surface area contributed by atoms with Gasteiger partial charge in [-0.15, -0.1) is 0 Å². The van der Waals surface area contributed by atoms with Gasteiger partial charge in [0, 0.05) is 31.4 Å². The van der Waals surface area contributed by atoms with Crippen LogP contribution in [-0.2, 0) is 29.7 Å². The van der Waals surface area contributed by atoms with Gasteiger partial charge in [-0.1, -0.05) is 29.8 Å². The topological polar surface area (TPSA) is 54.3 Å². The van der Waals surface area contributed by atoms with Gasteiger partial charge in [0.15, 0.2) is 0 Å². The monoisotopic (exact) mass is 339 g/mol. The molecule has 0 aliphatic carbocycles. The summed E-state index contributed by atoms with van der Waals surface area (Å²) >= 11 is 0. The Hall–Kier alpha value is -2.56. The number of hydrogen-bond acceptors (Lipinski definition) is 2. The predicted molar refractivity (Wildman–Crippen MR) is 96.7 cm³/mol. The summed E-state index contributed by atoms with van der Waals surface area (Å²) in [7, 11) is 1.99. The van der Waals surface area contributed by atoms with E-state index in [0.29, 0.717) is 25.9 Å². The Morgan fingerprint density at radius 3 is 2.52 bits per heavy atom. The average Bonchev–Trinajstić information content (AvgIpc) is 3.11. The van der Waals surface area contributed by atoms with Crippen LogP contribution in [0.3, 0.4) is 0 Å². The van der Waals surface area contributed by atoms with E-state index in [9.17, 15) is 9.59 Å². The van der Waals surface area contributed by atoms with Gasteiger partial charge in [0.05, 0.1) is 6.54 Å². The van der Waals surface area contributed by atoms with Crippen molar-refractivity contribution in [3.05, 3.63) is 58.9 Å². The van der Waals surface area contributed by atoms with Crippen LogP contribution < -0.4 is 5.32 Å². The number of amides is 2. The average molecular weight is 339 g/mol. The fourth-order valence-electron chi connectivity index (χ4n) is 3.23. The van der Waals surface area contributed by atoms with Gasteiger partial charge in [-0.05, 0) is 38.0 Å². The molecular formula is C20H25N3O2. The molecule has 0 radical (unpaired) electrons. The van der Waals surface area contributed by atoms with Crippen LogP contribution >= 0.6 is 0 Å². The minimum atomic E-state index is -0.379. The predicted octanol–water partition coefficient (Wildman–Crippen LogP) is 2.45. The molecule has 132 valence electrons. The molecule has 1 N–H and O–H groups in total. The molecule has 1 aliphatic heterocycles. The molecule has 25 heavy (non-hydrogen) atoms. The normalized spacial score (nSPS) is 17.2. The van der Waals surface area contributed by atoms with Crippen LogP contribution in [0.4, 0.5) is 0 Å². The molecule has 0 spiro atoms. The highest BCUT2D eigenvalue weighted by Crippen LogP contribution is 2.22. The molecular weight excluding hydrogens is 314 g/mol. The highest BCUT2D eigenvalue weighted by molar-refractivity contribution is 5.90. The van der Waals surface area contributed by atoms with Crippen molar-refractivity contribution in [2.45, 2.75) is 45.8 Å². The maximum Gasteiger partial charge on any atom is 0.243 e. The highest BCUT2D eigenvalue weighted by Gasteiger charge is 2.35. The first kappa shape index (κ1) is 17.3. The maximum atomic E-state index is 12.6. The van der Waals surface area contributed by atoms with Crippen LogP contribution in [0.2, 0.25) is 0 Å². The molecule has 0 bridgehead atoms. The van der Waals surface area contributed by atoms with Gasteiger partial charge in [-0.25, -0.2) is 0 Å². The molecule has 0 saturated carbocycles. The molecule has 3 rings (SSSR count). The SMILES string of the molecule is Cc1ccc(CN2C(=O)CC[C@@H]2C(=O)NCc2ccc(C)n2C)cc1. The zero-order valence-corrected chi connectivity index (χ0v) is 15.1. The van der Waals surface area contributed by atoms with E-state index < -0.39 is 0 Å². The van der Waals surface area contributed by atoms with E-state index >= 15 is 0 Å². The standard InChI is InChI=1S/C20H25N3O2/c1-14-4-7-16(8-5-14)13-23-18(10-11-19(23)24)20(25)21-12-17-9-6-15(2)22(17)3/h4-9,18H,10-13H2,1-3H3,(H,21,25)/t18-/m1/s1. The number of nitrogens with one attached hydrogen (secondary N) is 1. The molecule has 5 nitrogen and oxygen atoms in total. The van der Waals surface area contributed by atoms with E-state index in [2.05, 4.69) is 9.88 Å². The summed E-state index contributed by atoms with van der Waals surface area (Å²) in [6.07, 6.45) is 1.02. The number of carbonyl (C=O) groups is 2. The van der Waals surface area contributed by atoms with Gasteiger partial charge in [0.2, 0.25) is 11.8 Å². The number of carbonyl (C=O) groups excluding carboxylic acids is 2. The maximum absolute atomic E-state index is 12.6. The summed E-state index contributed by atoms with van der Waals surface area (Å²) in [5, 5.41) is 2.99. The number of aromatic nitrogens is 1. The van der Waals surface area contributed by atoms with Crippen molar-refractivity contribution < 1.29 is 9.59 Å². The van der Waals surface area contributed by atoms with Gasteiger partial charge in [-0.3, -0.25) is 9.59 Å². The summed E-state index contributed by atoms with van der Waals surface area (Å²) < 4.78 is 2.06. The first-order valence-electron chi connectivity index (χ1n) is 8.69. The quantitative estimate of drug-likeness (QED) is 0.910. The van der Waals surface area contributed by atoms with Crippen molar-refractivity contribution in [2.75, 3.05) is 0 Å². The van der Waals surface area contributed by atoms with Crippen LogP contribution in [0.5, 0.6) is 0 Å². The van der Waals surface area contributed by atoms with Crippen molar-refractivity contribution in [3.8, 4) is 0 Å². The van der Waals surface area contributed by atoms with Gasteiger partial charge in [-0.2, -0.15) is 0 Å². The van der Waals surface area contributed by atoms with E-state index in [-0.39, 0.29) is 17.9 Å². The van der Waals surface area contributed by atoms with Gasteiger partial charge in [0.25, 0.3) is 0 Å². The molecule has 1 aliphatic rings. The molecule has 1 atom stereocenters. The molecule has 5 heteroatoms. The van der Waals surface area contributed by atoms with Crippen LogP contribution in [-0.4, -0.2) is 27.3 Å². The van der Waals surface area contributed by atoms with E-state index in [1.54, 1.807) is 4.90 Å². The molecule has 2 amide bonds. The highest BCUT2D eigenvalue weighted by atomic mass is 16.2. The Kier molecular flexibility index (Phi) is 4.93. The number of aryl methyl sites for hydroxylation is 2. The summed E-state index contributed by atoms with van der Waals surface area (Å²) in [5.74, 6) is -0.0211. The van der Waals surface area contributed by atoms with E-state index in [4.69, 9.17) is 0 Å². The number of hydrogen-bond donors (Lipinski definition) is 1. The lowest BCUT2D eigenvalue weighted by atomic mass is 10.1. The molecule has 0 unspecified atom stereocenters. The number of likely N-dealkylation sites (tertiary alicyclic amines) is 1. The molecule has 1 fully saturated rings. The molecule has 1 saturated heterocycles. The number of rotatable bonds is 5. The van der Waals surface area contributed by atoms with Gasteiger partial charge in [0.1, 0.15) is 6.04 Å². The zero-order valence-electron chi connectivity index (χ0n) is 15.1. The van der Waals surface area contributed by atoms with Crippen molar-refractivity contribution in [3.63, 3.8) is 0 Å². The van der Waals surface area contributed by atoms with Crippen LogP contribution in [0, 0.1) is 13.8 Å². The summed E-state index contributed by atoms with van der Waals surface area (Å²) in [6.45, 7) is 5.03. The van der Waals surface area contributed by atoms with Crippen LogP contribution in [0.25, 0.3) is 0 Å². The minimum absolute atomic E-state index is 0.0513. The number of benzene rings is 1.